The predicted molar refractivity (Wildman–Crippen MR) is 130 cm³/mol. The summed E-state index contributed by atoms with van der Waals surface area (Å²) in [6.07, 6.45) is -12.4. The van der Waals surface area contributed by atoms with Crippen LogP contribution >= 0.6 is 0 Å². The van der Waals surface area contributed by atoms with Gasteiger partial charge >= 0.3 is 10.4 Å². The summed E-state index contributed by atoms with van der Waals surface area (Å²) in [4.78, 5) is 0. The Hall–Kier alpha value is -0.690. The van der Waals surface area contributed by atoms with Gasteiger partial charge in [0.2, 0.25) is 0 Å². The molecule has 3 aliphatic rings. The normalized spacial score (nSPS) is 48.1. The molecule has 1 saturated carbocycles. The average molecular weight is 595 g/mol. The summed E-state index contributed by atoms with van der Waals surface area (Å²) in [7, 11) is -3.09. The van der Waals surface area contributed by atoms with Crippen LogP contribution in [0.1, 0.15) is 20.3 Å². The first-order valence-electron chi connectivity index (χ1n) is 12.1. The molecule has 2 heterocycles. The van der Waals surface area contributed by atoms with E-state index < -0.39 is 102 Å². The maximum Gasteiger partial charge on any atom is 0.394 e. The molecule has 0 radical (unpaired) electrons. The quantitative estimate of drug-likeness (QED) is 0.127. The lowest BCUT2D eigenvalue weighted by molar-refractivity contribution is -0.319. The first-order valence-corrected chi connectivity index (χ1v) is 13.5. The molecule has 15 N–H and O–H groups in total. The van der Waals surface area contributed by atoms with Crippen LogP contribution in [0.15, 0.2) is 0 Å². The van der Waals surface area contributed by atoms with E-state index in [4.69, 9.17) is 53.7 Å². The van der Waals surface area contributed by atoms with Gasteiger partial charge in [0.25, 0.3) is 0 Å². The number of hydrogen-bond acceptors (Lipinski definition) is 16. The SMILES string of the molecule is CNC1C(O)C(OC2C(N)CC(N)C(OC3OC(C(C)O)C(O)C(O)C3N)C2O)OCC1(C)O.O=S(=O)(O)O. The summed E-state index contributed by atoms with van der Waals surface area (Å²) in [6, 6.07) is -3.47. The second-order valence-corrected chi connectivity index (χ2v) is 11.2. The van der Waals surface area contributed by atoms with E-state index in [2.05, 4.69) is 5.32 Å². The Morgan fingerprint density at radius 3 is 1.90 bits per heavy atom. The van der Waals surface area contributed by atoms with Crippen LogP contribution in [0.25, 0.3) is 0 Å². The van der Waals surface area contributed by atoms with Gasteiger partial charge in [0.05, 0.1) is 24.8 Å². The summed E-state index contributed by atoms with van der Waals surface area (Å²) < 4.78 is 54.4. The first kappa shape index (κ1) is 34.5. The van der Waals surface area contributed by atoms with Crippen molar-refractivity contribution in [3.63, 3.8) is 0 Å². The number of nitrogens with two attached hydrogens (primary N) is 3. The number of aliphatic hydroxyl groups is 6. The molecule has 232 valence electrons. The van der Waals surface area contributed by atoms with Crippen molar-refractivity contribution in [1.29, 1.82) is 0 Å². The number of rotatable bonds is 6. The van der Waals surface area contributed by atoms with Crippen LogP contribution in [0.4, 0.5) is 0 Å². The van der Waals surface area contributed by atoms with Crippen molar-refractivity contribution in [1.82, 2.24) is 5.32 Å². The Morgan fingerprint density at radius 2 is 1.44 bits per heavy atom. The first-order chi connectivity index (χ1) is 17.8. The molecular formula is C20H42N4O14S. The highest BCUT2D eigenvalue weighted by Gasteiger charge is 2.52. The number of aliphatic hydroxyl groups excluding tert-OH is 5. The number of ether oxygens (including phenoxy) is 4. The molecule has 3 rings (SSSR count). The Morgan fingerprint density at radius 1 is 0.949 bits per heavy atom. The van der Waals surface area contributed by atoms with E-state index in [1.807, 2.05) is 0 Å². The molecule has 1 aliphatic carbocycles. The Balaban J connectivity index is 0.000000976. The Bertz CT molecular complexity index is 876. The molecule has 18 nitrogen and oxygen atoms in total. The largest absolute Gasteiger partial charge is 0.394 e. The molecule has 39 heavy (non-hydrogen) atoms. The number of nitrogens with one attached hydrogen (secondary N) is 1. The van der Waals surface area contributed by atoms with Gasteiger partial charge < -0.3 is 72.1 Å². The molecule has 2 aliphatic heterocycles. The molecule has 0 amide bonds. The molecule has 15 atom stereocenters. The zero-order valence-electron chi connectivity index (χ0n) is 21.7. The van der Waals surface area contributed by atoms with Gasteiger partial charge in [-0.2, -0.15) is 8.42 Å². The summed E-state index contributed by atoms with van der Waals surface area (Å²) >= 11 is 0. The fourth-order valence-electron chi connectivity index (χ4n) is 4.95. The minimum Gasteiger partial charge on any atom is -0.391 e. The highest BCUT2D eigenvalue weighted by Crippen LogP contribution is 2.32. The standard InChI is InChI=1S/C20H40N4O10.H2O4S/c1-6(25)14-11(27)10(26)9(23)18(32-14)33-15-7(21)4-8(22)16(12(15)28)34-19-13(29)17(24-3)20(2,30)5-31-19;1-5(2,3)4/h6-19,24-30H,4-5,21-23H2,1-3H3;(H2,1,2,3,4). The van der Waals surface area contributed by atoms with Gasteiger partial charge in [-0.15, -0.1) is 0 Å². The molecule has 0 spiro atoms. The number of likely N-dealkylation sites (N-methyl/N-ethyl adjacent to an activating group) is 1. The minimum atomic E-state index is -4.67. The van der Waals surface area contributed by atoms with E-state index in [9.17, 15) is 30.6 Å². The summed E-state index contributed by atoms with van der Waals surface area (Å²) in [5.41, 5.74) is 17.0. The highest BCUT2D eigenvalue weighted by molar-refractivity contribution is 7.79. The molecule has 0 aromatic rings. The van der Waals surface area contributed by atoms with Crippen molar-refractivity contribution < 1.29 is 67.1 Å². The van der Waals surface area contributed by atoms with Gasteiger partial charge in [0.15, 0.2) is 12.6 Å². The van der Waals surface area contributed by atoms with E-state index in [0.29, 0.717) is 0 Å². The summed E-state index contributed by atoms with van der Waals surface area (Å²) in [6.45, 7) is 2.75. The fourth-order valence-corrected chi connectivity index (χ4v) is 4.95. The van der Waals surface area contributed by atoms with Gasteiger partial charge in [-0.3, -0.25) is 9.11 Å². The second-order valence-electron chi connectivity index (χ2n) is 10.3. The zero-order chi connectivity index (χ0) is 30.0. The number of hydrogen-bond donors (Lipinski definition) is 12. The molecule has 15 unspecified atom stereocenters. The lowest BCUT2D eigenvalue weighted by Gasteiger charge is -2.49. The van der Waals surface area contributed by atoms with Gasteiger partial charge in [0.1, 0.15) is 48.3 Å². The highest BCUT2D eigenvalue weighted by atomic mass is 32.3. The van der Waals surface area contributed by atoms with Crippen molar-refractivity contribution in [2.24, 2.45) is 17.2 Å². The Labute approximate surface area is 225 Å². The summed E-state index contributed by atoms with van der Waals surface area (Å²) in [5.74, 6) is 0. The molecule has 3 fully saturated rings. The van der Waals surface area contributed by atoms with Crippen molar-refractivity contribution in [3.05, 3.63) is 0 Å². The maximum atomic E-state index is 11.1. The second kappa shape index (κ2) is 13.5. The smallest absolute Gasteiger partial charge is 0.391 e. The van der Waals surface area contributed by atoms with Crippen LogP contribution in [-0.4, -0.2) is 153 Å². The third-order valence-electron chi connectivity index (χ3n) is 6.95. The minimum absolute atomic E-state index is 0.135. The van der Waals surface area contributed by atoms with Gasteiger partial charge in [0, 0.05) is 12.1 Å². The zero-order valence-corrected chi connectivity index (χ0v) is 22.5. The predicted octanol–water partition coefficient (Wildman–Crippen LogP) is -6.27. The third kappa shape index (κ3) is 8.66. The van der Waals surface area contributed by atoms with Crippen LogP contribution in [0.2, 0.25) is 0 Å². The van der Waals surface area contributed by atoms with E-state index in [0.717, 1.165) is 0 Å². The third-order valence-corrected chi connectivity index (χ3v) is 6.95. The van der Waals surface area contributed by atoms with E-state index >= 15 is 0 Å². The van der Waals surface area contributed by atoms with Crippen LogP contribution in [0, 0.1) is 0 Å². The lowest BCUT2D eigenvalue weighted by Crippen LogP contribution is -2.69. The van der Waals surface area contributed by atoms with Crippen LogP contribution in [-0.2, 0) is 29.3 Å². The van der Waals surface area contributed by atoms with Gasteiger partial charge in [-0.05, 0) is 27.3 Å². The average Bonchev–Trinajstić information content (AvgIpc) is 2.79. The monoisotopic (exact) mass is 594 g/mol. The van der Waals surface area contributed by atoms with Crippen molar-refractivity contribution >= 4 is 10.4 Å². The van der Waals surface area contributed by atoms with Crippen LogP contribution < -0.4 is 22.5 Å². The Kier molecular flexibility index (Phi) is 12.0. The molecule has 0 bridgehead atoms. The van der Waals surface area contributed by atoms with Crippen molar-refractivity contribution in [2.45, 2.75) is 111 Å². The van der Waals surface area contributed by atoms with Crippen molar-refractivity contribution in [3.8, 4) is 0 Å². The molecule has 0 aromatic carbocycles. The van der Waals surface area contributed by atoms with Gasteiger partial charge in [-0.1, -0.05) is 0 Å². The summed E-state index contributed by atoms with van der Waals surface area (Å²) in [5, 5.41) is 65.2. The van der Waals surface area contributed by atoms with Crippen LogP contribution in [0.3, 0.4) is 0 Å². The van der Waals surface area contributed by atoms with Crippen molar-refractivity contribution in [2.75, 3.05) is 13.7 Å². The molecular weight excluding hydrogens is 552 g/mol. The molecule has 2 saturated heterocycles. The molecule has 0 aromatic heterocycles. The van der Waals surface area contributed by atoms with E-state index in [1.54, 1.807) is 7.05 Å². The van der Waals surface area contributed by atoms with Crippen LogP contribution in [0.5, 0.6) is 0 Å². The molecule has 19 heteroatoms. The van der Waals surface area contributed by atoms with Gasteiger partial charge in [-0.25, -0.2) is 0 Å². The fraction of sp³-hybridized carbons (Fsp3) is 1.00. The maximum absolute atomic E-state index is 11.1. The van der Waals surface area contributed by atoms with E-state index in [-0.39, 0.29) is 13.0 Å². The van der Waals surface area contributed by atoms with E-state index in [1.165, 1.54) is 13.8 Å². The lowest BCUT2D eigenvalue weighted by atomic mass is 9.84. The topological polar surface area (TPSA) is 323 Å².